The van der Waals surface area contributed by atoms with Crippen molar-refractivity contribution in [2.75, 3.05) is 13.1 Å². The van der Waals surface area contributed by atoms with Gasteiger partial charge in [0.1, 0.15) is 0 Å². The number of aromatic amines is 1. The van der Waals surface area contributed by atoms with Crippen LogP contribution in [0.2, 0.25) is 0 Å². The Hall–Kier alpha value is -0.760. The van der Waals surface area contributed by atoms with E-state index in [0.29, 0.717) is 11.8 Å². The SMILES string of the molecule is CC(C)c1c[nH]cc1C(C)CCC(C)C1CNCC1C(C)C. The monoisotopic (exact) mass is 304 g/mol. The minimum atomic E-state index is 0.616. The third-order valence-corrected chi connectivity index (χ3v) is 5.92. The van der Waals surface area contributed by atoms with Crippen molar-refractivity contribution in [3.63, 3.8) is 0 Å². The van der Waals surface area contributed by atoms with Crippen molar-refractivity contribution in [2.45, 2.75) is 66.2 Å². The Morgan fingerprint density at radius 2 is 1.55 bits per heavy atom. The van der Waals surface area contributed by atoms with Gasteiger partial charge in [-0.2, -0.15) is 0 Å². The minimum absolute atomic E-state index is 0.616. The fourth-order valence-corrected chi connectivity index (χ4v) is 4.27. The zero-order valence-corrected chi connectivity index (χ0v) is 15.4. The molecule has 22 heavy (non-hydrogen) atoms. The molecule has 1 aromatic rings. The predicted molar refractivity (Wildman–Crippen MR) is 96.4 cm³/mol. The van der Waals surface area contributed by atoms with Crippen LogP contribution in [0, 0.1) is 23.7 Å². The van der Waals surface area contributed by atoms with E-state index in [0.717, 1.165) is 23.7 Å². The van der Waals surface area contributed by atoms with Crippen LogP contribution in [0.15, 0.2) is 12.4 Å². The van der Waals surface area contributed by atoms with Crippen molar-refractivity contribution in [3.05, 3.63) is 23.5 Å². The Balaban J connectivity index is 1.90. The van der Waals surface area contributed by atoms with Crippen LogP contribution < -0.4 is 5.32 Å². The second-order valence-corrected chi connectivity index (χ2v) is 8.21. The number of rotatable bonds is 7. The minimum Gasteiger partial charge on any atom is -0.367 e. The van der Waals surface area contributed by atoms with E-state index in [2.05, 4.69) is 64.2 Å². The molecule has 0 radical (unpaired) electrons. The molecule has 0 amide bonds. The lowest BCUT2D eigenvalue weighted by Crippen LogP contribution is -2.24. The average Bonchev–Trinajstić information content (AvgIpc) is 3.12. The molecule has 1 aromatic heterocycles. The Labute approximate surface area is 137 Å². The lowest BCUT2D eigenvalue weighted by molar-refractivity contribution is 0.230. The summed E-state index contributed by atoms with van der Waals surface area (Å²) in [5, 5.41) is 3.62. The van der Waals surface area contributed by atoms with Crippen molar-refractivity contribution >= 4 is 0 Å². The zero-order chi connectivity index (χ0) is 16.3. The van der Waals surface area contributed by atoms with E-state index in [4.69, 9.17) is 0 Å². The second-order valence-electron chi connectivity index (χ2n) is 8.21. The molecule has 1 aliphatic rings. The molecule has 2 N–H and O–H groups in total. The fraction of sp³-hybridized carbons (Fsp3) is 0.800. The lowest BCUT2D eigenvalue weighted by Gasteiger charge is -2.28. The van der Waals surface area contributed by atoms with E-state index in [1.807, 2.05) is 0 Å². The van der Waals surface area contributed by atoms with Crippen molar-refractivity contribution in [1.29, 1.82) is 0 Å². The van der Waals surface area contributed by atoms with Crippen molar-refractivity contribution in [2.24, 2.45) is 23.7 Å². The van der Waals surface area contributed by atoms with Gasteiger partial charge < -0.3 is 10.3 Å². The summed E-state index contributed by atoms with van der Waals surface area (Å²) in [6, 6.07) is 0. The summed E-state index contributed by atoms with van der Waals surface area (Å²) in [6.45, 7) is 16.7. The Bertz CT molecular complexity index is 446. The molecule has 1 fully saturated rings. The van der Waals surface area contributed by atoms with Gasteiger partial charge >= 0.3 is 0 Å². The number of nitrogens with one attached hydrogen (secondary N) is 2. The van der Waals surface area contributed by atoms with E-state index in [1.165, 1.54) is 37.1 Å². The number of aromatic nitrogens is 1. The molecule has 0 aromatic carbocycles. The van der Waals surface area contributed by atoms with Gasteiger partial charge in [0.25, 0.3) is 0 Å². The summed E-state index contributed by atoms with van der Waals surface area (Å²) < 4.78 is 0. The summed E-state index contributed by atoms with van der Waals surface area (Å²) >= 11 is 0. The first-order chi connectivity index (χ1) is 10.4. The third-order valence-electron chi connectivity index (χ3n) is 5.92. The van der Waals surface area contributed by atoms with E-state index in [-0.39, 0.29) is 0 Å². The molecule has 0 bridgehead atoms. The maximum Gasteiger partial charge on any atom is 0.00430 e. The van der Waals surface area contributed by atoms with Gasteiger partial charge in [0.2, 0.25) is 0 Å². The molecular weight excluding hydrogens is 268 g/mol. The summed E-state index contributed by atoms with van der Waals surface area (Å²) in [5.74, 6) is 4.64. The Morgan fingerprint density at radius 3 is 2.18 bits per heavy atom. The van der Waals surface area contributed by atoms with E-state index in [1.54, 1.807) is 0 Å². The number of hydrogen-bond donors (Lipinski definition) is 2. The molecule has 1 saturated heterocycles. The highest BCUT2D eigenvalue weighted by Gasteiger charge is 2.33. The van der Waals surface area contributed by atoms with Crippen molar-refractivity contribution in [3.8, 4) is 0 Å². The molecule has 0 aliphatic carbocycles. The van der Waals surface area contributed by atoms with Gasteiger partial charge in [-0.15, -0.1) is 0 Å². The first kappa shape index (κ1) is 17.6. The first-order valence-corrected chi connectivity index (χ1v) is 9.29. The van der Waals surface area contributed by atoms with Gasteiger partial charge in [-0.1, -0.05) is 41.5 Å². The van der Waals surface area contributed by atoms with Crippen LogP contribution in [-0.2, 0) is 0 Å². The van der Waals surface area contributed by atoms with Crippen LogP contribution >= 0.6 is 0 Å². The largest absolute Gasteiger partial charge is 0.367 e. The smallest absolute Gasteiger partial charge is 0.00430 e. The topological polar surface area (TPSA) is 27.8 Å². The van der Waals surface area contributed by atoms with E-state index in [9.17, 15) is 0 Å². The summed E-state index contributed by atoms with van der Waals surface area (Å²) in [5.41, 5.74) is 3.04. The molecule has 2 heterocycles. The highest BCUT2D eigenvalue weighted by atomic mass is 14.9. The van der Waals surface area contributed by atoms with Gasteiger partial charge in [0.15, 0.2) is 0 Å². The Kier molecular flexibility index (Phi) is 6.14. The van der Waals surface area contributed by atoms with Crippen LogP contribution in [0.5, 0.6) is 0 Å². The quantitative estimate of drug-likeness (QED) is 0.716. The molecular formula is C20H36N2. The molecule has 1 aliphatic heterocycles. The van der Waals surface area contributed by atoms with Gasteiger partial charge in [0.05, 0.1) is 0 Å². The molecule has 4 unspecified atom stereocenters. The molecule has 2 nitrogen and oxygen atoms in total. The summed E-state index contributed by atoms with van der Waals surface area (Å²) in [4.78, 5) is 3.32. The second kappa shape index (κ2) is 7.68. The standard InChI is InChI=1S/C20H36N2/c1-13(2)17-9-21-11-19(17)15(5)7-8-16(6)20-12-22-10-18(20)14(3)4/h9,11,13-16,18,20-22H,7-8,10,12H2,1-6H3. The number of hydrogen-bond acceptors (Lipinski definition) is 1. The average molecular weight is 305 g/mol. The van der Waals surface area contributed by atoms with Crippen LogP contribution in [0.4, 0.5) is 0 Å². The van der Waals surface area contributed by atoms with Crippen LogP contribution in [0.1, 0.15) is 77.3 Å². The van der Waals surface area contributed by atoms with Gasteiger partial charge in [-0.3, -0.25) is 0 Å². The van der Waals surface area contributed by atoms with Crippen LogP contribution in [-0.4, -0.2) is 18.1 Å². The molecule has 2 heteroatoms. The van der Waals surface area contributed by atoms with Crippen molar-refractivity contribution < 1.29 is 0 Å². The molecule has 126 valence electrons. The zero-order valence-electron chi connectivity index (χ0n) is 15.4. The number of H-pyrrole nitrogens is 1. The molecule has 2 rings (SSSR count). The molecule has 0 saturated carbocycles. The van der Waals surface area contributed by atoms with Crippen LogP contribution in [0.25, 0.3) is 0 Å². The predicted octanol–water partition coefficient (Wildman–Crippen LogP) is 5.15. The Morgan fingerprint density at radius 1 is 0.909 bits per heavy atom. The van der Waals surface area contributed by atoms with Gasteiger partial charge in [-0.25, -0.2) is 0 Å². The van der Waals surface area contributed by atoms with Crippen molar-refractivity contribution in [1.82, 2.24) is 10.3 Å². The molecule has 0 spiro atoms. The maximum absolute atomic E-state index is 3.62. The summed E-state index contributed by atoms with van der Waals surface area (Å²) in [7, 11) is 0. The maximum atomic E-state index is 3.62. The lowest BCUT2D eigenvalue weighted by atomic mass is 9.76. The highest BCUT2D eigenvalue weighted by molar-refractivity contribution is 5.29. The summed E-state index contributed by atoms with van der Waals surface area (Å²) in [6.07, 6.45) is 7.06. The highest BCUT2D eigenvalue weighted by Crippen LogP contribution is 2.35. The van der Waals surface area contributed by atoms with Crippen LogP contribution in [0.3, 0.4) is 0 Å². The normalized spacial score (nSPS) is 25.1. The fourth-order valence-electron chi connectivity index (χ4n) is 4.27. The van der Waals surface area contributed by atoms with Gasteiger partial charge in [-0.05, 0) is 72.6 Å². The molecule has 4 atom stereocenters. The third kappa shape index (κ3) is 3.95. The van der Waals surface area contributed by atoms with E-state index >= 15 is 0 Å². The first-order valence-electron chi connectivity index (χ1n) is 9.29. The van der Waals surface area contributed by atoms with E-state index < -0.39 is 0 Å². The van der Waals surface area contributed by atoms with Gasteiger partial charge in [0, 0.05) is 12.4 Å².